The molecule has 0 aliphatic rings. The Morgan fingerprint density at radius 1 is 1.20 bits per heavy atom. The Morgan fingerprint density at radius 3 is 2.80 bits per heavy atom. The van der Waals surface area contributed by atoms with Gasteiger partial charge in [-0.05, 0) is 24.1 Å². The molecule has 0 saturated heterocycles. The molecule has 0 atom stereocenters. The van der Waals surface area contributed by atoms with Crippen LogP contribution in [0.25, 0.3) is 5.69 Å². The summed E-state index contributed by atoms with van der Waals surface area (Å²) in [6.45, 7) is 0.829. The van der Waals surface area contributed by atoms with E-state index in [4.69, 9.17) is 0 Å². The van der Waals surface area contributed by atoms with E-state index in [0.29, 0.717) is 0 Å². The van der Waals surface area contributed by atoms with Crippen LogP contribution in [0, 0.1) is 0 Å². The van der Waals surface area contributed by atoms with Crippen molar-refractivity contribution >= 4 is 5.95 Å². The summed E-state index contributed by atoms with van der Waals surface area (Å²) < 4.78 is 3.86. The van der Waals surface area contributed by atoms with Crippen molar-refractivity contribution in [2.75, 3.05) is 11.9 Å². The lowest BCUT2D eigenvalue weighted by molar-refractivity contribution is 0.766. The second-order valence-electron chi connectivity index (χ2n) is 4.66. The zero-order valence-electron chi connectivity index (χ0n) is 11.4. The molecule has 5 nitrogen and oxygen atoms in total. The number of benzene rings is 1. The zero-order chi connectivity index (χ0) is 13.8. The standard InChI is InChI=1S/C15H17N5/c1-19-12-13(11-18-19)7-8-16-15-17-9-10-20(15)14-5-3-2-4-6-14/h2-6,9-12H,7-8H2,1H3,(H,16,17). The van der Waals surface area contributed by atoms with Crippen molar-refractivity contribution in [2.24, 2.45) is 7.05 Å². The number of hydrogen-bond donors (Lipinski definition) is 1. The van der Waals surface area contributed by atoms with Gasteiger partial charge in [0.2, 0.25) is 5.95 Å². The molecule has 0 amide bonds. The number of aryl methyl sites for hydroxylation is 1. The number of aromatic nitrogens is 4. The molecule has 3 rings (SSSR count). The largest absolute Gasteiger partial charge is 0.355 e. The fourth-order valence-electron chi connectivity index (χ4n) is 2.15. The number of nitrogens with one attached hydrogen (secondary N) is 1. The van der Waals surface area contributed by atoms with Gasteiger partial charge in [-0.3, -0.25) is 9.25 Å². The molecule has 3 aromatic rings. The lowest BCUT2D eigenvalue weighted by atomic mass is 10.2. The van der Waals surface area contributed by atoms with E-state index in [1.165, 1.54) is 5.56 Å². The first-order chi connectivity index (χ1) is 9.83. The smallest absolute Gasteiger partial charge is 0.207 e. The number of imidazole rings is 1. The predicted molar refractivity (Wildman–Crippen MR) is 79.0 cm³/mol. The van der Waals surface area contributed by atoms with Crippen molar-refractivity contribution < 1.29 is 0 Å². The molecule has 5 heteroatoms. The molecular formula is C15H17N5. The molecule has 1 aromatic carbocycles. The van der Waals surface area contributed by atoms with E-state index in [2.05, 4.69) is 27.5 Å². The fourth-order valence-corrected chi connectivity index (χ4v) is 2.15. The highest BCUT2D eigenvalue weighted by Gasteiger charge is 2.04. The average molecular weight is 267 g/mol. The monoisotopic (exact) mass is 267 g/mol. The Hall–Kier alpha value is -2.56. The van der Waals surface area contributed by atoms with Crippen LogP contribution in [0.15, 0.2) is 55.1 Å². The van der Waals surface area contributed by atoms with Gasteiger partial charge in [0.1, 0.15) is 0 Å². The van der Waals surface area contributed by atoms with Crippen molar-refractivity contribution in [1.29, 1.82) is 0 Å². The lowest BCUT2D eigenvalue weighted by Crippen LogP contribution is -2.09. The second kappa shape index (κ2) is 5.61. The molecular weight excluding hydrogens is 250 g/mol. The van der Waals surface area contributed by atoms with Gasteiger partial charge in [-0.25, -0.2) is 4.98 Å². The molecule has 1 N–H and O–H groups in total. The maximum Gasteiger partial charge on any atom is 0.207 e. The first-order valence-electron chi connectivity index (χ1n) is 6.63. The topological polar surface area (TPSA) is 47.7 Å². The Labute approximate surface area is 117 Å². The molecule has 2 aromatic heterocycles. The summed E-state index contributed by atoms with van der Waals surface area (Å²) in [4.78, 5) is 4.36. The quantitative estimate of drug-likeness (QED) is 0.771. The summed E-state index contributed by atoms with van der Waals surface area (Å²) in [5.41, 5.74) is 2.33. The minimum Gasteiger partial charge on any atom is -0.355 e. The third kappa shape index (κ3) is 2.71. The number of rotatable bonds is 5. The number of hydrogen-bond acceptors (Lipinski definition) is 3. The first kappa shape index (κ1) is 12.5. The molecule has 0 spiro atoms. The summed E-state index contributed by atoms with van der Waals surface area (Å²) in [5, 5.41) is 7.53. The van der Waals surface area contributed by atoms with Crippen LogP contribution in [0.2, 0.25) is 0 Å². The van der Waals surface area contributed by atoms with E-state index in [9.17, 15) is 0 Å². The van der Waals surface area contributed by atoms with Crippen LogP contribution >= 0.6 is 0 Å². The van der Waals surface area contributed by atoms with Crippen molar-refractivity contribution in [1.82, 2.24) is 19.3 Å². The highest BCUT2D eigenvalue weighted by Crippen LogP contribution is 2.13. The minimum absolute atomic E-state index is 0.829. The number of para-hydroxylation sites is 1. The molecule has 0 radical (unpaired) electrons. The van der Waals surface area contributed by atoms with Gasteiger partial charge in [0, 0.05) is 37.9 Å². The number of nitrogens with zero attached hydrogens (tertiary/aromatic N) is 4. The molecule has 0 fully saturated rings. The minimum atomic E-state index is 0.829. The van der Waals surface area contributed by atoms with Crippen LogP contribution in [0.5, 0.6) is 0 Å². The van der Waals surface area contributed by atoms with Gasteiger partial charge in [0.05, 0.1) is 6.20 Å². The Kier molecular flexibility index (Phi) is 3.50. The van der Waals surface area contributed by atoms with Crippen LogP contribution in [0.3, 0.4) is 0 Å². The summed E-state index contributed by atoms with van der Waals surface area (Å²) in [5.74, 6) is 0.861. The van der Waals surface area contributed by atoms with Gasteiger partial charge in [0.25, 0.3) is 0 Å². The lowest BCUT2D eigenvalue weighted by Gasteiger charge is -2.09. The highest BCUT2D eigenvalue weighted by atomic mass is 15.2. The van der Waals surface area contributed by atoms with Crippen LogP contribution < -0.4 is 5.32 Å². The maximum absolute atomic E-state index is 4.36. The van der Waals surface area contributed by atoms with Crippen molar-refractivity contribution in [2.45, 2.75) is 6.42 Å². The van der Waals surface area contributed by atoms with Crippen LogP contribution in [0.4, 0.5) is 5.95 Å². The highest BCUT2D eigenvalue weighted by molar-refractivity contribution is 5.41. The van der Waals surface area contributed by atoms with Crippen LogP contribution in [-0.2, 0) is 13.5 Å². The molecule has 0 bridgehead atoms. The van der Waals surface area contributed by atoms with E-state index in [-0.39, 0.29) is 0 Å². The summed E-state index contributed by atoms with van der Waals surface area (Å²) in [6, 6.07) is 10.2. The second-order valence-corrected chi connectivity index (χ2v) is 4.66. The van der Waals surface area contributed by atoms with Gasteiger partial charge in [-0.15, -0.1) is 0 Å². The molecule has 2 heterocycles. The SMILES string of the molecule is Cn1cc(CCNc2nccn2-c2ccccc2)cn1. The fraction of sp³-hybridized carbons (Fsp3) is 0.200. The van der Waals surface area contributed by atoms with Crippen molar-refractivity contribution in [3.8, 4) is 5.69 Å². The van der Waals surface area contributed by atoms with Gasteiger partial charge >= 0.3 is 0 Å². The molecule has 20 heavy (non-hydrogen) atoms. The van der Waals surface area contributed by atoms with E-state index in [0.717, 1.165) is 24.6 Å². The van der Waals surface area contributed by atoms with Crippen LogP contribution in [0.1, 0.15) is 5.56 Å². The predicted octanol–water partition coefficient (Wildman–Crippen LogP) is 2.26. The summed E-state index contributed by atoms with van der Waals surface area (Å²) in [6.07, 6.45) is 8.62. The van der Waals surface area contributed by atoms with Crippen molar-refractivity contribution in [3.63, 3.8) is 0 Å². The summed E-state index contributed by atoms with van der Waals surface area (Å²) in [7, 11) is 1.93. The third-order valence-corrected chi connectivity index (χ3v) is 3.13. The normalized spacial score (nSPS) is 10.7. The zero-order valence-corrected chi connectivity index (χ0v) is 11.4. The van der Waals surface area contributed by atoms with Gasteiger partial charge in [-0.1, -0.05) is 18.2 Å². The average Bonchev–Trinajstić information content (AvgIpc) is 3.09. The number of anilines is 1. The van der Waals surface area contributed by atoms with E-state index in [1.54, 1.807) is 6.20 Å². The maximum atomic E-state index is 4.36. The first-order valence-corrected chi connectivity index (χ1v) is 6.63. The van der Waals surface area contributed by atoms with Crippen LogP contribution in [-0.4, -0.2) is 25.9 Å². The molecule has 0 unspecified atom stereocenters. The van der Waals surface area contributed by atoms with Gasteiger partial charge < -0.3 is 5.32 Å². The molecule has 0 aliphatic heterocycles. The van der Waals surface area contributed by atoms with Gasteiger partial charge in [-0.2, -0.15) is 5.10 Å². The van der Waals surface area contributed by atoms with E-state index in [1.807, 2.05) is 53.1 Å². The van der Waals surface area contributed by atoms with Crippen molar-refractivity contribution in [3.05, 3.63) is 60.7 Å². The third-order valence-electron chi connectivity index (χ3n) is 3.13. The Balaban J connectivity index is 1.65. The van der Waals surface area contributed by atoms with E-state index >= 15 is 0 Å². The Bertz CT molecular complexity index is 668. The Morgan fingerprint density at radius 2 is 2.05 bits per heavy atom. The molecule has 102 valence electrons. The molecule has 0 saturated carbocycles. The van der Waals surface area contributed by atoms with Gasteiger partial charge in [0.15, 0.2) is 0 Å². The summed E-state index contributed by atoms with van der Waals surface area (Å²) >= 11 is 0. The molecule has 0 aliphatic carbocycles. The van der Waals surface area contributed by atoms with E-state index < -0.39 is 0 Å².